The molecule has 0 saturated heterocycles. The lowest BCUT2D eigenvalue weighted by atomic mass is 9.63. The Kier molecular flexibility index (Phi) is 3.90. The summed E-state index contributed by atoms with van der Waals surface area (Å²) in [5.41, 5.74) is -0.294. The molecule has 2 N–H and O–H groups in total. The summed E-state index contributed by atoms with van der Waals surface area (Å²) < 4.78 is 0.951. The molecule has 0 aromatic heterocycles. The van der Waals surface area contributed by atoms with Gasteiger partial charge in [-0.05, 0) is 36.5 Å². The second-order valence-electron chi connectivity index (χ2n) is 5.94. The minimum Gasteiger partial charge on any atom is -0.479 e. The SMILES string of the molecule is CC1(C)CCCCC1(Nc1cccc(Br)c1)C(=O)O. The molecule has 1 saturated carbocycles. The fourth-order valence-corrected chi connectivity index (χ4v) is 3.40. The summed E-state index contributed by atoms with van der Waals surface area (Å²) >= 11 is 3.42. The number of nitrogens with one attached hydrogen (secondary N) is 1. The summed E-state index contributed by atoms with van der Waals surface area (Å²) in [6.07, 6.45) is 3.65. The largest absolute Gasteiger partial charge is 0.479 e. The summed E-state index contributed by atoms with van der Waals surface area (Å²) in [5.74, 6) is -0.753. The molecule has 104 valence electrons. The monoisotopic (exact) mass is 325 g/mol. The number of hydrogen-bond donors (Lipinski definition) is 2. The van der Waals surface area contributed by atoms with Gasteiger partial charge < -0.3 is 10.4 Å². The predicted octanol–water partition coefficient (Wildman–Crippen LogP) is 4.28. The normalized spacial score (nSPS) is 25.8. The van der Waals surface area contributed by atoms with Gasteiger partial charge in [-0.2, -0.15) is 0 Å². The first-order valence-electron chi connectivity index (χ1n) is 6.65. The zero-order valence-corrected chi connectivity index (χ0v) is 13.0. The van der Waals surface area contributed by atoms with Crippen LogP contribution >= 0.6 is 15.9 Å². The van der Waals surface area contributed by atoms with E-state index in [2.05, 4.69) is 21.2 Å². The Hall–Kier alpha value is -1.03. The van der Waals surface area contributed by atoms with E-state index >= 15 is 0 Å². The highest BCUT2D eigenvalue weighted by atomic mass is 79.9. The Morgan fingerprint density at radius 1 is 1.32 bits per heavy atom. The average molecular weight is 326 g/mol. The minimum atomic E-state index is -0.883. The van der Waals surface area contributed by atoms with Crippen molar-refractivity contribution in [1.82, 2.24) is 0 Å². The molecule has 2 rings (SSSR count). The highest BCUT2D eigenvalue weighted by Crippen LogP contribution is 2.46. The Bertz CT molecular complexity index is 487. The van der Waals surface area contributed by atoms with Crippen molar-refractivity contribution in [3.63, 3.8) is 0 Å². The first kappa shape index (κ1) is 14.4. The zero-order valence-electron chi connectivity index (χ0n) is 11.4. The Morgan fingerprint density at radius 3 is 2.58 bits per heavy atom. The number of carbonyl (C=O) groups is 1. The fraction of sp³-hybridized carbons (Fsp3) is 0.533. The molecule has 0 amide bonds. The molecule has 1 aromatic carbocycles. The second-order valence-corrected chi connectivity index (χ2v) is 6.85. The van der Waals surface area contributed by atoms with E-state index < -0.39 is 11.5 Å². The van der Waals surface area contributed by atoms with E-state index in [-0.39, 0.29) is 5.41 Å². The van der Waals surface area contributed by atoms with Crippen molar-refractivity contribution in [3.8, 4) is 0 Å². The second kappa shape index (κ2) is 5.16. The van der Waals surface area contributed by atoms with E-state index in [1.807, 2.05) is 38.1 Å². The third kappa shape index (κ3) is 2.64. The van der Waals surface area contributed by atoms with Crippen molar-refractivity contribution in [2.24, 2.45) is 5.41 Å². The molecule has 0 heterocycles. The van der Waals surface area contributed by atoms with Gasteiger partial charge in [-0.25, -0.2) is 4.79 Å². The smallest absolute Gasteiger partial charge is 0.329 e. The van der Waals surface area contributed by atoms with Crippen LogP contribution in [-0.4, -0.2) is 16.6 Å². The van der Waals surface area contributed by atoms with Crippen molar-refractivity contribution >= 4 is 27.6 Å². The molecule has 1 atom stereocenters. The van der Waals surface area contributed by atoms with Crippen molar-refractivity contribution in [3.05, 3.63) is 28.7 Å². The molecule has 1 unspecified atom stereocenters. The van der Waals surface area contributed by atoms with Crippen LogP contribution in [0.15, 0.2) is 28.7 Å². The van der Waals surface area contributed by atoms with E-state index in [4.69, 9.17) is 0 Å². The summed E-state index contributed by atoms with van der Waals surface area (Å²) in [7, 11) is 0. The maximum atomic E-state index is 11.9. The lowest BCUT2D eigenvalue weighted by molar-refractivity contribution is -0.148. The fourth-order valence-electron chi connectivity index (χ4n) is 3.00. The van der Waals surface area contributed by atoms with Crippen LogP contribution in [0, 0.1) is 5.41 Å². The molecule has 1 fully saturated rings. The van der Waals surface area contributed by atoms with Gasteiger partial charge in [0, 0.05) is 10.2 Å². The van der Waals surface area contributed by atoms with E-state index in [0.717, 1.165) is 29.4 Å². The van der Waals surface area contributed by atoms with Gasteiger partial charge in [0.05, 0.1) is 0 Å². The van der Waals surface area contributed by atoms with Gasteiger partial charge in [-0.1, -0.05) is 48.7 Å². The van der Waals surface area contributed by atoms with Gasteiger partial charge in [0.2, 0.25) is 0 Å². The van der Waals surface area contributed by atoms with Gasteiger partial charge in [-0.3, -0.25) is 0 Å². The molecule has 1 aliphatic rings. The van der Waals surface area contributed by atoms with E-state index in [9.17, 15) is 9.90 Å². The van der Waals surface area contributed by atoms with Crippen molar-refractivity contribution in [2.75, 3.05) is 5.32 Å². The van der Waals surface area contributed by atoms with Gasteiger partial charge in [-0.15, -0.1) is 0 Å². The van der Waals surface area contributed by atoms with E-state index in [0.29, 0.717) is 6.42 Å². The van der Waals surface area contributed by atoms with Crippen LogP contribution in [0.4, 0.5) is 5.69 Å². The Labute approximate surface area is 122 Å². The number of hydrogen-bond acceptors (Lipinski definition) is 2. The third-order valence-corrected chi connectivity index (χ3v) is 4.80. The van der Waals surface area contributed by atoms with Crippen LogP contribution in [0.2, 0.25) is 0 Å². The van der Waals surface area contributed by atoms with E-state index in [1.54, 1.807) is 0 Å². The minimum absolute atomic E-state index is 0.264. The Morgan fingerprint density at radius 2 is 2.00 bits per heavy atom. The lowest BCUT2D eigenvalue weighted by Gasteiger charge is -2.48. The number of benzene rings is 1. The van der Waals surface area contributed by atoms with Crippen LogP contribution in [0.25, 0.3) is 0 Å². The van der Waals surface area contributed by atoms with E-state index in [1.165, 1.54) is 0 Å². The molecular formula is C15H20BrNO2. The molecule has 0 spiro atoms. The highest BCUT2D eigenvalue weighted by Gasteiger charge is 2.52. The number of carboxylic acids is 1. The van der Waals surface area contributed by atoms with Crippen molar-refractivity contribution in [2.45, 2.75) is 45.1 Å². The molecule has 3 nitrogen and oxygen atoms in total. The Balaban J connectivity index is 2.37. The van der Waals surface area contributed by atoms with Gasteiger partial charge in [0.15, 0.2) is 0 Å². The number of carboxylic acid groups (broad SMARTS) is 1. The van der Waals surface area contributed by atoms with Gasteiger partial charge >= 0.3 is 5.97 Å². The molecule has 4 heteroatoms. The molecule has 19 heavy (non-hydrogen) atoms. The van der Waals surface area contributed by atoms with Crippen LogP contribution < -0.4 is 5.32 Å². The van der Waals surface area contributed by atoms with Crippen LogP contribution in [-0.2, 0) is 4.79 Å². The number of aliphatic carboxylic acids is 1. The molecule has 0 bridgehead atoms. The van der Waals surface area contributed by atoms with Crippen LogP contribution in [0.1, 0.15) is 39.5 Å². The lowest BCUT2D eigenvalue weighted by Crippen LogP contribution is -2.58. The summed E-state index contributed by atoms with van der Waals surface area (Å²) in [6.45, 7) is 4.09. The van der Waals surface area contributed by atoms with Gasteiger partial charge in [0.1, 0.15) is 5.54 Å². The van der Waals surface area contributed by atoms with Crippen molar-refractivity contribution in [1.29, 1.82) is 0 Å². The molecule has 0 radical (unpaired) electrons. The first-order valence-corrected chi connectivity index (χ1v) is 7.44. The standard InChI is InChI=1S/C15H20BrNO2/c1-14(2)8-3-4-9-15(14,13(18)19)17-12-7-5-6-11(16)10-12/h5-7,10,17H,3-4,8-9H2,1-2H3,(H,18,19). The van der Waals surface area contributed by atoms with Crippen LogP contribution in [0.3, 0.4) is 0 Å². The topological polar surface area (TPSA) is 49.3 Å². The zero-order chi connectivity index (χ0) is 14.1. The van der Waals surface area contributed by atoms with Crippen molar-refractivity contribution < 1.29 is 9.90 Å². The maximum Gasteiger partial charge on any atom is 0.329 e. The average Bonchev–Trinajstić information content (AvgIpc) is 2.31. The molecule has 1 aliphatic carbocycles. The summed E-state index contributed by atoms with van der Waals surface area (Å²) in [4.78, 5) is 11.9. The maximum absolute atomic E-state index is 11.9. The molecule has 1 aromatic rings. The van der Waals surface area contributed by atoms with Crippen LogP contribution in [0.5, 0.6) is 0 Å². The third-order valence-electron chi connectivity index (χ3n) is 4.31. The number of anilines is 1. The highest BCUT2D eigenvalue weighted by molar-refractivity contribution is 9.10. The quantitative estimate of drug-likeness (QED) is 0.871. The number of halogens is 1. The summed E-state index contributed by atoms with van der Waals surface area (Å²) in [5, 5.41) is 13.1. The summed E-state index contributed by atoms with van der Waals surface area (Å²) in [6, 6.07) is 7.69. The first-order chi connectivity index (χ1) is 8.87. The molecular weight excluding hydrogens is 306 g/mol. The van der Waals surface area contributed by atoms with Gasteiger partial charge in [0.25, 0.3) is 0 Å². The molecule has 0 aliphatic heterocycles. The predicted molar refractivity (Wildman–Crippen MR) is 80.4 cm³/mol. The number of rotatable bonds is 3.